The van der Waals surface area contributed by atoms with Crippen molar-refractivity contribution in [2.45, 2.75) is 27.3 Å². The first-order chi connectivity index (χ1) is 16.3. The monoisotopic (exact) mass is 461 g/mol. The lowest BCUT2D eigenvalue weighted by Gasteiger charge is -2.06. The summed E-state index contributed by atoms with van der Waals surface area (Å²) in [4.78, 5) is 36.1. The number of imide groups is 1. The molecule has 3 rings (SSSR count). The van der Waals surface area contributed by atoms with Gasteiger partial charge in [0.15, 0.2) is 6.61 Å². The van der Waals surface area contributed by atoms with E-state index in [1.807, 2.05) is 25.5 Å². The molecule has 2 aromatic carbocycles. The molecule has 1 N–H and O–H groups in total. The van der Waals surface area contributed by atoms with Crippen LogP contribution in [-0.4, -0.2) is 41.3 Å². The molecule has 0 aliphatic carbocycles. The van der Waals surface area contributed by atoms with E-state index in [-0.39, 0.29) is 5.56 Å². The van der Waals surface area contributed by atoms with Crippen molar-refractivity contribution in [2.75, 3.05) is 13.7 Å². The van der Waals surface area contributed by atoms with Gasteiger partial charge in [0.2, 0.25) is 0 Å². The van der Waals surface area contributed by atoms with Crippen molar-refractivity contribution < 1.29 is 23.9 Å². The standard InChI is InChI=1S/C26H27N3O5/c1-17-5-7-20(8-6-17)15-29-19(3)23(18(2)28-29)13-14-25(31)34-16-24(30)27-26(32)21-9-11-22(33-4)12-10-21/h5-14H,15-16H2,1-4H3,(H,27,30,32)/b14-13+. The summed E-state index contributed by atoms with van der Waals surface area (Å²) in [6.45, 7) is 5.88. The number of esters is 1. The second kappa shape index (κ2) is 11.1. The molecule has 3 aromatic rings. The van der Waals surface area contributed by atoms with Gasteiger partial charge < -0.3 is 9.47 Å². The van der Waals surface area contributed by atoms with Crippen molar-refractivity contribution in [1.29, 1.82) is 0 Å². The SMILES string of the molecule is COc1ccc(C(=O)NC(=O)COC(=O)/C=C/c2c(C)nn(Cc3ccc(C)cc3)c2C)cc1. The van der Waals surface area contributed by atoms with E-state index < -0.39 is 24.4 Å². The molecule has 0 bridgehead atoms. The first-order valence-corrected chi connectivity index (χ1v) is 10.7. The van der Waals surface area contributed by atoms with Gasteiger partial charge in [-0.15, -0.1) is 0 Å². The fourth-order valence-corrected chi connectivity index (χ4v) is 3.29. The van der Waals surface area contributed by atoms with Gasteiger partial charge in [-0.3, -0.25) is 19.6 Å². The molecule has 0 aliphatic heterocycles. The Bertz CT molecular complexity index is 1210. The van der Waals surface area contributed by atoms with E-state index in [0.29, 0.717) is 12.3 Å². The highest BCUT2D eigenvalue weighted by Gasteiger charge is 2.13. The Morgan fingerprint density at radius 2 is 1.68 bits per heavy atom. The van der Waals surface area contributed by atoms with Crippen LogP contribution in [0.3, 0.4) is 0 Å². The van der Waals surface area contributed by atoms with Crippen LogP contribution in [0.2, 0.25) is 0 Å². The number of carbonyl (C=O) groups is 3. The minimum absolute atomic E-state index is 0.286. The van der Waals surface area contributed by atoms with E-state index in [1.165, 1.54) is 30.9 Å². The average Bonchev–Trinajstić information content (AvgIpc) is 3.09. The van der Waals surface area contributed by atoms with Crippen LogP contribution in [0.15, 0.2) is 54.6 Å². The van der Waals surface area contributed by atoms with Crippen LogP contribution >= 0.6 is 0 Å². The third-order valence-electron chi connectivity index (χ3n) is 5.23. The molecule has 0 atom stereocenters. The Morgan fingerprint density at radius 1 is 1.00 bits per heavy atom. The molecule has 0 saturated heterocycles. The molecule has 0 unspecified atom stereocenters. The number of hydrogen-bond donors (Lipinski definition) is 1. The summed E-state index contributed by atoms with van der Waals surface area (Å²) in [5, 5.41) is 6.73. The maximum Gasteiger partial charge on any atom is 0.331 e. The zero-order valence-electron chi connectivity index (χ0n) is 19.6. The summed E-state index contributed by atoms with van der Waals surface area (Å²) in [5.74, 6) is -1.42. The summed E-state index contributed by atoms with van der Waals surface area (Å²) in [5.41, 5.74) is 5.10. The second-order valence-electron chi connectivity index (χ2n) is 7.77. The molecule has 0 fully saturated rings. The van der Waals surface area contributed by atoms with Gasteiger partial charge in [0, 0.05) is 22.9 Å². The highest BCUT2D eigenvalue weighted by atomic mass is 16.5. The maximum atomic E-state index is 12.1. The van der Waals surface area contributed by atoms with Crippen molar-refractivity contribution >= 4 is 23.9 Å². The van der Waals surface area contributed by atoms with Gasteiger partial charge in [-0.25, -0.2) is 4.79 Å². The highest BCUT2D eigenvalue weighted by molar-refractivity contribution is 6.05. The largest absolute Gasteiger partial charge is 0.497 e. The van der Waals surface area contributed by atoms with Crippen LogP contribution in [0.1, 0.15) is 38.4 Å². The highest BCUT2D eigenvalue weighted by Crippen LogP contribution is 2.17. The summed E-state index contributed by atoms with van der Waals surface area (Å²) in [6, 6.07) is 14.5. The van der Waals surface area contributed by atoms with Crippen molar-refractivity contribution in [3.63, 3.8) is 0 Å². The van der Waals surface area contributed by atoms with Crippen molar-refractivity contribution in [3.8, 4) is 5.75 Å². The number of hydrogen-bond acceptors (Lipinski definition) is 6. The number of amides is 2. The van der Waals surface area contributed by atoms with E-state index in [0.717, 1.165) is 22.5 Å². The lowest BCUT2D eigenvalue weighted by atomic mass is 10.1. The van der Waals surface area contributed by atoms with Crippen LogP contribution in [0.5, 0.6) is 5.75 Å². The number of nitrogens with zero attached hydrogens (tertiary/aromatic N) is 2. The number of nitrogens with one attached hydrogen (secondary N) is 1. The van der Waals surface area contributed by atoms with Crippen molar-refractivity contribution in [3.05, 3.63) is 88.2 Å². The normalized spacial score (nSPS) is 10.8. The number of aromatic nitrogens is 2. The first-order valence-electron chi connectivity index (χ1n) is 10.7. The molecule has 8 heteroatoms. The lowest BCUT2D eigenvalue weighted by molar-refractivity contribution is -0.143. The van der Waals surface area contributed by atoms with Gasteiger partial charge in [0.05, 0.1) is 19.3 Å². The predicted octanol–water partition coefficient (Wildman–Crippen LogP) is 3.38. The third kappa shape index (κ3) is 6.41. The minimum atomic E-state index is -0.721. The second-order valence-corrected chi connectivity index (χ2v) is 7.77. The van der Waals surface area contributed by atoms with Gasteiger partial charge in [0.25, 0.3) is 11.8 Å². The average molecular weight is 462 g/mol. The van der Waals surface area contributed by atoms with Crippen molar-refractivity contribution in [2.24, 2.45) is 0 Å². The minimum Gasteiger partial charge on any atom is -0.497 e. The number of benzene rings is 2. The molecular weight excluding hydrogens is 434 g/mol. The third-order valence-corrected chi connectivity index (χ3v) is 5.23. The Morgan fingerprint density at radius 3 is 2.32 bits per heavy atom. The molecule has 1 heterocycles. The van der Waals surface area contributed by atoms with Gasteiger partial charge in [-0.2, -0.15) is 5.10 Å². The van der Waals surface area contributed by atoms with E-state index in [2.05, 4.69) is 34.7 Å². The molecule has 1 aromatic heterocycles. The van der Waals surface area contributed by atoms with E-state index in [4.69, 9.17) is 9.47 Å². The summed E-state index contributed by atoms with van der Waals surface area (Å²) in [7, 11) is 1.52. The first kappa shape index (κ1) is 24.4. The van der Waals surface area contributed by atoms with Gasteiger partial charge in [-0.05, 0) is 56.7 Å². The zero-order valence-corrected chi connectivity index (χ0v) is 19.6. The van der Waals surface area contributed by atoms with Crippen LogP contribution in [0, 0.1) is 20.8 Å². The van der Waals surface area contributed by atoms with Gasteiger partial charge >= 0.3 is 5.97 Å². The smallest absolute Gasteiger partial charge is 0.331 e. The number of aryl methyl sites for hydroxylation is 2. The molecule has 0 saturated carbocycles. The Labute approximate surface area is 198 Å². The number of carbonyl (C=O) groups excluding carboxylic acids is 3. The quantitative estimate of drug-likeness (QED) is 0.408. The summed E-state index contributed by atoms with van der Waals surface area (Å²) < 4.78 is 11.9. The van der Waals surface area contributed by atoms with Gasteiger partial charge in [0.1, 0.15) is 5.75 Å². The van der Waals surface area contributed by atoms with E-state index in [9.17, 15) is 14.4 Å². The van der Waals surface area contributed by atoms with Crippen molar-refractivity contribution in [1.82, 2.24) is 15.1 Å². The molecular formula is C26H27N3O5. The molecule has 8 nitrogen and oxygen atoms in total. The predicted molar refractivity (Wildman–Crippen MR) is 127 cm³/mol. The Balaban J connectivity index is 1.53. The van der Waals surface area contributed by atoms with Crippen LogP contribution in [0.25, 0.3) is 6.08 Å². The molecule has 0 aliphatic rings. The molecule has 34 heavy (non-hydrogen) atoms. The molecule has 2 amide bonds. The van der Waals surface area contributed by atoms with E-state index >= 15 is 0 Å². The number of rotatable bonds is 8. The Hall–Kier alpha value is -4.20. The molecule has 0 spiro atoms. The van der Waals surface area contributed by atoms with Crippen LogP contribution < -0.4 is 10.1 Å². The fraction of sp³-hybridized carbons (Fsp3) is 0.231. The number of methoxy groups -OCH3 is 1. The number of ether oxygens (including phenoxy) is 2. The zero-order chi connectivity index (χ0) is 24.7. The van der Waals surface area contributed by atoms with Gasteiger partial charge in [-0.1, -0.05) is 29.8 Å². The topological polar surface area (TPSA) is 99.5 Å². The van der Waals surface area contributed by atoms with E-state index in [1.54, 1.807) is 18.2 Å². The molecule has 0 radical (unpaired) electrons. The Kier molecular flexibility index (Phi) is 7.97. The fourth-order valence-electron chi connectivity index (χ4n) is 3.29. The van der Waals surface area contributed by atoms with Crippen LogP contribution in [0.4, 0.5) is 0 Å². The summed E-state index contributed by atoms with van der Waals surface area (Å²) >= 11 is 0. The van der Waals surface area contributed by atoms with Crippen LogP contribution in [-0.2, 0) is 20.9 Å². The molecule has 176 valence electrons. The lowest BCUT2D eigenvalue weighted by Crippen LogP contribution is -2.34. The summed E-state index contributed by atoms with van der Waals surface area (Å²) in [6.07, 6.45) is 2.86. The maximum absolute atomic E-state index is 12.1.